The smallest absolute Gasteiger partial charge is 0.247 e. The van der Waals surface area contributed by atoms with Crippen LogP contribution >= 0.6 is 0 Å². The monoisotopic (exact) mass is 176 g/mol. The van der Waals surface area contributed by atoms with Crippen LogP contribution in [-0.2, 0) is 4.79 Å². The van der Waals surface area contributed by atoms with Crippen LogP contribution in [-0.4, -0.2) is 10.9 Å². The topological polar surface area (TPSA) is 42.0 Å². The molecule has 1 N–H and O–H groups in total. The number of hydrogen-bond acceptors (Lipinski definition) is 2. The fourth-order valence-corrected chi connectivity index (χ4v) is 1.06. The molecule has 0 saturated carbocycles. The third kappa shape index (κ3) is 2.15. The van der Waals surface area contributed by atoms with Crippen LogP contribution in [0.2, 0.25) is 0 Å². The quantitative estimate of drug-likeness (QED) is 0.698. The van der Waals surface area contributed by atoms with E-state index in [0.29, 0.717) is 0 Å². The summed E-state index contributed by atoms with van der Waals surface area (Å²) in [5, 5.41) is 2.71. The lowest BCUT2D eigenvalue weighted by Gasteiger charge is -2.08. The Balaban J connectivity index is 2.99. The Labute approximate surface area is 77.5 Å². The van der Waals surface area contributed by atoms with E-state index < -0.39 is 0 Å². The predicted molar refractivity (Wildman–Crippen MR) is 52.5 cm³/mol. The van der Waals surface area contributed by atoms with Gasteiger partial charge in [0.25, 0.3) is 0 Å². The minimum Gasteiger partial charge on any atom is -0.321 e. The molecule has 0 radical (unpaired) electrons. The Bertz CT molecular complexity index is 325. The highest BCUT2D eigenvalue weighted by Gasteiger charge is 2.04. The van der Waals surface area contributed by atoms with E-state index >= 15 is 0 Å². The zero-order valence-corrected chi connectivity index (χ0v) is 7.79. The maximum atomic E-state index is 11.0. The minimum absolute atomic E-state index is 0.209. The van der Waals surface area contributed by atoms with Crippen molar-refractivity contribution in [2.75, 3.05) is 5.32 Å². The van der Waals surface area contributed by atoms with Crippen molar-refractivity contribution in [3.8, 4) is 0 Å². The average molecular weight is 176 g/mol. The molecule has 1 amide bonds. The SMILES string of the molecule is C=CC(=O)Nc1c(C)ccnc1C. The molecule has 1 heterocycles. The molecule has 13 heavy (non-hydrogen) atoms. The highest BCUT2D eigenvalue weighted by molar-refractivity contribution is 5.99. The number of pyridine rings is 1. The molecule has 3 nitrogen and oxygen atoms in total. The number of rotatable bonds is 2. The lowest BCUT2D eigenvalue weighted by Crippen LogP contribution is -2.10. The van der Waals surface area contributed by atoms with Gasteiger partial charge in [0.05, 0.1) is 11.4 Å². The van der Waals surface area contributed by atoms with E-state index in [2.05, 4.69) is 16.9 Å². The molecule has 0 saturated heterocycles. The molecular formula is C10H12N2O. The summed E-state index contributed by atoms with van der Waals surface area (Å²) in [5.74, 6) is -0.209. The van der Waals surface area contributed by atoms with Gasteiger partial charge in [-0.2, -0.15) is 0 Å². The normalized spacial score (nSPS) is 9.38. The van der Waals surface area contributed by atoms with Crippen LogP contribution in [0.1, 0.15) is 11.3 Å². The molecule has 1 rings (SSSR count). The molecule has 0 fully saturated rings. The first-order valence-corrected chi connectivity index (χ1v) is 4.00. The lowest BCUT2D eigenvalue weighted by atomic mass is 10.2. The summed E-state index contributed by atoms with van der Waals surface area (Å²) in [6, 6.07) is 1.85. The highest BCUT2D eigenvalue weighted by atomic mass is 16.1. The fourth-order valence-electron chi connectivity index (χ4n) is 1.06. The molecule has 1 aromatic rings. The van der Waals surface area contributed by atoms with Gasteiger partial charge in [-0.15, -0.1) is 0 Å². The average Bonchev–Trinajstić information content (AvgIpc) is 2.11. The summed E-state index contributed by atoms with van der Waals surface area (Å²) < 4.78 is 0. The van der Waals surface area contributed by atoms with Gasteiger partial charge in [-0.1, -0.05) is 6.58 Å². The van der Waals surface area contributed by atoms with Gasteiger partial charge in [0, 0.05) is 6.20 Å². The predicted octanol–water partition coefficient (Wildman–Crippen LogP) is 1.82. The second kappa shape index (κ2) is 3.85. The molecule has 0 spiro atoms. The first kappa shape index (κ1) is 9.45. The van der Waals surface area contributed by atoms with Gasteiger partial charge < -0.3 is 5.32 Å². The zero-order chi connectivity index (χ0) is 9.84. The van der Waals surface area contributed by atoms with Crippen molar-refractivity contribution in [2.45, 2.75) is 13.8 Å². The van der Waals surface area contributed by atoms with E-state index in [9.17, 15) is 4.79 Å². The molecule has 0 aliphatic heterocycles. The van der Waals surface area contributed by atoms with E-state index in [1.807, 2.05) is 19.9 Å². The Hall–Kier alpha value is -1.64. The molecule has 68 valence electrons. The van der Waals surface area contributed by atoms with Gasteiger partial charge in [0.15, 0.2) is 0 Å². The first-order chi connectivity index (χ1) is 6.15. The first-order valence-electron chi connectivity index (χ1n) is 4.00. The number of carbonyl (C=O) groups is 1. The van der Waals surface area contributed by atoms with Gasteiger partial charge >= 0.3 is 0 Å². The summed E-state index contributed by atoms with van der Waals surface area (Å²) in [4.78, 5) is 15.1. The number of anilines is 1. The van der Waals surface area contributed by atoms with Crippen molar-refractivity contribution in [2.24, 2.45) is 0 Å². The van der Waals surface area contributed by atoms with Crippen LogP contribution in [0.5, 0.6) is 0 Å². The van der Waals surface area contributed by atoms with Crippen LogP contribution in [0.25, 0.3) is 0 Å². The number of amides is 1. The molecule has 0 bridgehead atoms. The van der Waals surface area contributed by atoms with Crippen LogP contribution in [0.3, 0.4) is 0 Å². The number of nitrogens with zero attached hydrogens (tertiary/aromatic N) is 1. The molecule has 0 atom stereocenters. The zero-order valence-electron chi connectivity index (χ0n) is 7.79. The molecule has 0 aromatic carbocycles. The second-order valence-corrected chi connectivity index (χ2v) is 2.78. The van der Waals surface area contributed by atoms with E-state index in [1.165, 1.54) is 6.08 Å². The third-order valence-electron chi connectivity index (χ3n) is 1.78. The highest BCUT2D eigenvalue weighted by Crippen LogP contribution is 2.16. The summed E-state index contributed by atoms with van der Waals surface area (Å²) in [7, 11) is 0. The molecule has 1 aromatic heterocycles. The molecule has 0 unspecified atom stereocenters. The summed E-state index contributed by atoms with van der Waals surface area (Å²) in [5.41, 5.74) is 2.59. The molecule has 0 aliphatic rings. The molecular weight excluding hydrogens is 164 g/mol. The standard InChI is InChI=1S/C10H12N2O/c1-4-9(13)12-10-7(2)5-6-11-8(10)3/h4-6H,1H2,2-3H3,(H,12,13). The van der Waals surface area contributed by atoms with Crippen LogP contribution < -0.4 is 5.32 Å². The van der Waals surface area contributed by atoms with Gasteiger partial charge in [0.1, 0.15) is 0 Å². The summed E-state index contributed by atoms with van der Waals surface area (Å²) >= 11 is 0. The van der Waals surface area contributed by atoms with Crippen LogP contribution in [0.15, 0.2) is 24.9 Å². The van der Waals surface area contributed by atoms with Crippen molar-refractivity contribution in [1.29, 1.82) is 0 Å². The van der Waals surface area contributed by atoms with Crippen molar-refractivity contribution in [1.82, 2.24) is 4.98 Å². The van der Waals surface area contributed by atoms with E-state index in [4.69, 9.17) is 0 Å². The van der Waals surface area contributed by atoms with Crippen molar-refractivity contribution < 1.29 is 4.79 Å². The maximum Gasteiger partial charge on any atom is 0.247 e. The summed E-state index contributed by atoms with van der Waals surface area (Å²) in [6.45, 7) is 7.16. The fraction of sp³-hybridized carbons (Fsp3) is 0.200. The van der Waals surface area contributed by atoms with Gasteiger partial charge in [-0.05, 0) is 31.6 Å². The van der Waals surface area contributed by atoms with Crippen molar-refractivity contribution in [3.05, 3.63) is 36.2 Å². The number of nitrogens with one attached hydrogen (secondary N) is 1. The van der Waals surface area contributed by atoms with Gasteiger partial charge in [-0.25, -0.2) is 0 Å². The van der Waals surface area contributed by atoms with Crippen molar-refractivity contribution >= 4 is 11.6 Å². The summed E-state index contributed by atoms with van der Waals surface area (Å²) in [6.07, 6.45) is 2.96. The maximum absolute atomic E-state index is 11.0. The minimum atomic E-state index is -0.209. The van der Waals surface area contributed by atoms with Gasteiger partial charge in [0.2, 0.25) is 5.91 Å². The van der Waals surface area contributed by atoms with Gasteiger partial charge in [-0.3, -0.25) is 9.78 Å². The van der Waals surface area contributed by atoms with E-state index in [-0.39, 0.29) is 5.91 Å². The number of hydrogen-bond donors (Lipinski definition) is 1. The Morgan fingerprint density at radius 2 is 2.31 bits per heavy atom. The Morgan fingerprint density at radius 3 is 2.85 bits per heavy atom. The largest absolute Gasteiger partial charge is 0.321 e. The number of aryl methyl sites for hydroxylation is 2. The van der Waals surface area contributed by atoms with Crippen LogP contribution in [0.4, 0.5) is 5.69 Å². The number of aromatic nitrogens is 1. The van der Waals surface area contributed by atoms with E-state index in [0.717, 1.165) is 16.9 Å². The number of carbonyl (C=O) groups excluding carboxylic acids is 1. The van der Waals surface area contributed by atoms with Crippen molar-refractivity contribution in [3.63, 3.8) is 0 Å². The van der Waals surface area contributed by atoms with Crippen LogP contribution in [0, 0.1) is 13.8 Å². The molecule has 0 aliphatic carbocycles. The lowest BCUT2D eigenvalue weighted by molar-refractivity contribution is -0.111. The molecule has 3 heteroatoms. The van der Waals surface area contributed by atoms with E-state index in [1.54, 1.807) is 6.20 Å². The Morgan fingerprint density at radius 1 is 1.62 bits per heavy atom. The second-order valence-electron chi connectivity index (χ2n) is 2.78. The third-order valence-corrected chi connectivity index (χ3v) is 1.78. The Kier molecular flexibility index (Phi) is 2.80.